The standard InChI is InChI=1S/C17H18N2O/c1-4-9-19-16(8-7-14(11-18)17(19)20)15-10-12(2)5-6-13(15)3/h5-8,10H,4,9H2,1-3H3. The van der Waals surface area contributed by atoms with Crippen molar-refractivity contribution in [2.75, 3.05) is 0 Å². The highest BCUT2D eigenvalue weighted by atomic mass is 16.1. The van der Waals surface area contributed by atoms with E-state index in [1.165, 1.54) is 0 Å². The predicted octanol–water partition coefficient (Wildman–Crippen LogP) is 3.41. The van der Waals surface area contributed by atoms with Crippen LogP contribution >= 0.6 is 0 Å². The van der Waals surface area contributed by atoms with Crippen molar-refractivity contribution in [1.82, 2.24) is 4.57 Å². The van der Waals surface area contributed by atoms with Crippen molar-refractivity contribution in [3.05, 3.63) is 57.4 Å². The molecule has 0 saturated carbocycles. The second-order valence-corrected chi connectivity index (χ2v) is 5.02. The highest BCUT2D eigenvalue weighted by molar-refractivity contribution is 5.65. The van der Waals surface area contributed by atoms with Crippen LogP contribution in [0.3, 0.4) is 0 Å². The summed E-state index contributed by atoms with van der Waals surface area (Å²) in [6.07, 6.45) is 0.854. The van der Waals surface area contributed by atoms with Gasteiger partial charge in [-0.1, -0.05) is 24.6 Å². The van der Waals surface area contributed by atoms with Gasteiger partial charge in [0, 0.05) is 12.1 Å². The third kappa shape index (κ3) is 2.50. The van der Waals surface area contributed by atoms with Crippen LogP contribution in [0.4, 0.5) is 0 Å². The summed E-state index contributed by atoms with van der Waals surface area (Å²) in [7, 11) is 0. The van der Waals surface area contributed by atoms with Gasteiger partial charge in [0.25, 0.3) is 5.56 Å². The first kappa shape index (κ1) is 14.1. The molecule has 0 aliphatic carbocycles. The highest BCUT2D eigenvalue weighted by Gasteiger charge is 2.11. The van der Waals surface area contributed by atoms with E-state index < -0.39 is 0 Å². The van der Waals surface area contributed by atoms with Crippen LogP contribution in [0, 0.1) is 25.2 Å². The van der Waals surface area contributed by atoms with Crippen LogP contribution in [0.2, 0.25) is 0 Å². The van der Waals surface area contributed by atoms with Gasteiger partial charge in [0.05, 0.1) is 5.69 Å². The average molecular weight is 266 g/mol. The summed E-state index contributed by atoms with van der Waals surface area (Å²) in [6.45, 7) is 6.72. The Hall–Kier alpha value is -2.34. The molecule has 3 nitrogen and oxygen atoms in total. The van der Waals surface area contributed by atoms with Crippen molar-refractivity contribution in [2.24, 2.45) is 0 Å². The molecule has 0 radical (unpaired) electrons. The average Bonchev–Trinajstić information content (AvgIpc) is 2.44. The first-order valence-corrected chi connectivity index (χ1v) is 6.80. The van der Waals surface area contributed by atoms with Crippen LogP contribution in [0.15, 0.2) is 35.1 Å². The molecule has 0 saturated heterocycles. The molecular weight excluding hydrogens is 248 g/mol. The molecule has 102 valence electrons. The van der Waals surface area contributed by atoms with E-state index in [0.717, 1.165) is 28.8 Å². The van der Waals surface area contributed by atoms with Crippen LogP contribution in [0.5, 0.6) is 0 Å². The monoisotopic (exact) mass is 266 g/mol. The SMILES string of the molecule is CCCn1c(-c2cc(C)ccc2C)ccc(C#N)c1=O. The Morgan fingerprint density at radius 1 is 1.20 bits per heavy atom. The maximum absolute atomic E-state index is 12.3. The van der Waals surface area contributed by atoms with Gasteiger partial charge in [0.2, 0.25) is 0 Å². The minimum absolute atomic E-state index is 0.201. The predicted molar refractivity (Wildman–Crippen MR) is 80.6 cm³/mol. The van der Waals surface area contributed by atoms with Crippen molar-refractivity contribution >= 4 is 0 Å². The molecule has 0 fully saturated rings. The molecule has 1 heterocycles. The van der Waals surface area contributed by atoms with Crippen LogP contribution in [-0.2, 0) is 6.54 Å². The lowest BCUT2D eigenvalue weighted by atomic mass is 10.0. The molecule has 0 atom stereocenters. The molecule has 2 aromatic rings. The van der Waals surface area contributed by atoms with Crippen molar-refractivity contribution in [3.63, 3.8) is 0 Å². The summed E-state index contributed by atoms with van der Waals surface area (Å²) in [5, 5.41) is 9.01. The molecule has 0 spiro atoms. The fourth-order valence-electron chi connectivity index (χ4n) is 2.36. The number of pyridine rings is 1. The van der Waals surface area contributed by atoms with Gasteiger partial charge in [-0.05, 0) is 44.0 Å². The van der Waals surface area contributed by atoms with Gasteiger partial charge in [-0.25, -0.2) is 0 Å². The quantitative estimate of drug-likeness (QED) is 0.854. The number of hydrogen-bond acceptors (Lipinski definition) is 2. The summed E-state index contributed by atoms with van der Waals surface area (Å²) < 4.78 is 1.71. The Bertz CT molecular complexity index is 736. The summed E-state index contributed by atoms with van der Waals surface area (Å²) in [6, 6.07) is 11.7. The molecular formula is C17H18N2O. The lowest BCUT2D eigenvalue weighted by Gasteiger charge is -2.15. The summed E-state index contributed by atoms with van der Waals surface area (Å²) >= 11 is 0. The lowest BCUT2D eigenvalue weighted by molar-refractivity contribution is 0.659. The fourth-order valence-corrected chi connectivity index (χ4v) is 2.36. The smallest absolute Gasteiger partial charge is 0.268 e. The summed E-state index contributed by atoms with van der Waals surface area (Å²) in [5.74, 6) is 0. The van der Waals surface area contributed by atoms with E-state index >= 15 is 0 Å². The summed E-state index contributed by atoms with van der Waals surface area (Å²) in [5.41, 5.74) is 4.23. The molecule has 3 heteroatoms. The Morgan fingerprint density at radius 2 is 1.95 bits per heavy atom. The zero-order valence-corrected chi connectivity index (χ0v) is 12.1. The van der Waals surface area contributed by atoms with Gasteiger partial charge in [-0.3, -0.25) is 4.79 Å². The van der Waals surface area contributed by atoms with Gasteiger partial charge in [-0.15, -0.1) is 0 Å². The topological polar surface area (TPSA) is 45.8 Å². The molecule has 0 N–H and O–H groups in total. The number of hydrogen-bond donors (Lipinski definition) is 0. The highest BCUT2D eigenvalue weighted by Crippen LogP contribution is 2.24. The summed E-state index contributed by atoms with van der Waals surface area (Å²) in [4.78, 5) is 12.3. The van der Waals surface area contributed by atoms with E-state index in [-0.39, 0.29) is 11.1 Å². The minimum Gasteiger partial charge on any atom is -0.307 e. The molecule has 0 amide bonds. The Labute approximate surface area is 119 Å². The normalized spacial score (nSPS) is 10.3. The molecule has 0 unspecified atom stereocenters. The zero-order chi connectivity index (χ0) is 14.7. The Kier molecular flexibility index (Phi) is 4.05. The van der Waals surface area contributed by atoms with Crippen LogP contribution < -0.4 is 5.56 Å². The zero-order valence-electron chi connectivity index (χ0n) is 12.1. The van der Waals surface area contributed by atoms with E-state index in [0.29, 0.717) is 6.54 Å². The van der Waals surface area contributed by atoms with Crippen molar-refractivity contribution in [2.45, 2.75) is 33.7 Å². The van der Waals surface area contributed by atoms with Crippen LogP contribution in [0.25, 0.3) is 11.3 Å². The van der Waals surface area contributed by atoms with Gasteiger partial charge in [0.1, 0.15) is 11.6 Å². The Morgan fingerprint density at radius 3 is 2.60 bits per heavy atom. The van der Waals surface area contributed by atoms with Gasteiger partial charge >= 0.3 is 0 Å². The molecule has 1 aromatic carbocycles. The first-order valence-electron chi connectivity index (χ1n) is 6.80. The molecule has 0 aliphatic heterocycles. The molecule has 0 bridgehead atoms. The van der Waals surface area contributed by atoms with E-state index in [1.54, 1.807) is 10.6 Å². The van der Waals surface area contributed by atoms with Gasteiger partial charge in [0.15, 0.2) is 0 Å². The van der Waals surface area contributed by atoms with Crippen molar-refractivity contribution in [3.8, 4) is 17.3 Å². The number of nitriles is 1. The third-order valence-electron chi connectivity index (χ3n) is 3.41. The molecule has 0 aliphatic rings. The second-order valence-electron chi connectivity index (χ2n) is 5.02. The first-order chi connectivity index (χ1) is 9.58. The number of aryl methyl sites for hydroxylation is 2. The van der Waals surface area contributed by atoms with E-state index in [4.69, 9.17) is 5.26 Å². The third-order valence-corrected chi connectivity index (χ3v) is 3.41. The lowest BCUT2D eigenvalue weighted by Crippen LogP contribution is -2.24. The van der Waals surface area contributed by atoms with Crippen LogP contribution in [-0.4, -0.2) is 4.57 Å². The maximum Gasteiger partial charge on any atom is 0.268 e. The number of aromatic nitrogens is 1. The van der Waals surface area contributed by atoms with Crippen molar-refractivity contribution in [1.29, 1.82) is 5.26 Å². The van der Waals surface area contributed by atoms with E-state index in [2.05, 4.69) is 18.2 Å². The maximum atomic E-state index is 12.3. The molecule has 20 heavy (non-hydrogen) atoms. The molecule has 1 aromatic heterocycles. The number of rotatable bonds is 3. The number of benzene rings is 1. The van der Waals surface area contributed by atoms with Crippen molar-refractivity contribution < 1.29 is 0 Å². The van der Waals surface area contributed by atoms with E-state index in [1.807, 2.05) is 32.9 Å². The van der Waals surface area contributed by atoms with E-state index in [9.17, 15) is 4.79 Å². The largest absolute Gasteiger partial charge is 0.307 e. The second kappa shape index (κ2) is 5.75. The van der Waals surface area contributed by atoms with Gasteiger partial charge in [-0.2, -0.15) is 5.26 Å². The fraction of sp³-hybridized carbons (Fsp3) is 0.294. The van der Waals surface area contributed by atoms with Gasteiger partial charge < -0.3 is 4.57 Å². The van der Waals surface area contributed by atoms with Crippen LogP contribution in [0.1, 0.15) is 30.0 Å². The minimum atomic E-state index is -0.201. The number of nitrogens with zero attached hydrogens (tertiary/aromatic N) is 2. The Balaban J connectivity index is 2.74. The molecule has 2 rings (SSSR count).